The largest absolute Gasteiger partial charge is 0.147 e. The van der Waals surface area contributed by atoms with Crippen LogP contribution in [-0.4, -0.2) is 9.49 Å². The molecule has 0 aromatic rings. The first-order chi connectivity index (χ1) is 13.2. The van der Waals surface area contributed by atoms with Crippen LogP contribution in [0.15, 0.2) is 0 Å². The standard InChI is InChI=1S/C26H46S/c1-21-13-9-11-19-25(21,23-15-5-3-6-16-23)27-26(20-12-10-14-22(26)2)24-17-7-4-8-18-24/h21-24H,3-20H2,1-2H3. The van der Waals surface area contributed by atoms with E-state index in [0.29, 0.717) is 9.49 Å². The van der Waals surface area contributed by atoms with Crippen molar-refractivity contribution < 1.29 is 0 Å². The molecule has 4 saturated carbocycles. The lowest BCUT2D eigenvalue weighted by atomic mass is 9.67. The summed E-state index contributed by atoms with van der Waals surface area (Å²) in [4.78, 5) is 0. The minimum absolute atomic E-state index is 0.627. The first-order valence-corrected chi connectivity index (χ1v) is 13.7. The van der Waals surface area contributed by atoms with E-state index in [0.717, 1.165) is 23.7 Å². The number of hydrogen-bond donors (Lipinski definition) is 0. The Morgan fingerprint density at radius 1 is 0.481 bits per heavy atom. The van der Waals surface area contributed by atoms with Crippen LogP contribution in [0.1, 0.15) is 129 Å². The van der Waals surface area contributed by atoms with E-state index in [2.05, 4.69) is 25.6 Å². The molecule has 4 fully saturated rings. The zero-order valence-electron chi connectivity index (χ0n) is 18.4. The third kappa shape index (κ3) is 4.02. The Hall–Kier alpha value is 0.350. The van der Waals surface area contributed by atoms with E-state index in [1.54, 1.807) is 38.5 Å². The lowest BCUT2D eigenvalue weighted by molar-refractivity contribution is 0.146. The van der Waals surface area contributed by atoms with Gasteiger partial charge in [0.05, 0.1) is 0 Å². The molecule has 0 nitrogen and oxygen atoms in total. The molecule has 4 aliphatic rings. The zero-order chi connectivity index (χ0) is 18.7. The summed E-state index contributed by atoms with van der Waals surface area (Å²) in [6, 6.07) is 0. The quantitative estimate of drug-likeness (QED) is 0.462. The lowest BCUT2D eigenvalue weighted by Gasteiger charge is -2.58. The third-order valence-corrected chi connectivity index (χ3v) is 12.2. The Kier molecular flexibility index (Phi) is 6.88. The van der Waals surface area contributed by atoms with Crippen LogP contribution in [0, 0.1) is 23.7 Å². The van der Waals surface area contributed by atoms with Gasteiger partial charge in [0.2, 0.25) is 0 Å². The van der Waals surface area contributed by atoms with Crippen LogP contribution in [0.25, 0.3) is 0 Å². The van der Waals surface area contributed by atoms with Gasteiger partial charge in [0.15, 0.2) is 0 Å². The van der Waals surface area contributed by atoms with Gasteiger partial charge in [-0.25, -0.2) is 0 Å². The summed E-state index contributed by atoms with van der Waals surface area (Å²) in [7, 11) is 0. The van der Waals surface area contributed by atoms with Gasteiger partial charge in [-0.1, -0.05) is 78.1 Å². The second-order valence-corrected chi connectivity index (χ2v) is 12.7. The molecule has 4 atom stereocenters. The molecular formula is C26H46S. The van der Waals surface area contributed by atoms with E-state index in [1.165, 1.54) is 77.0 Å². The average molecular weight is 391 g/mol. The molecule has 0 amide bonds. The van der Waals surface area contributed by atoms with Gasteiger partial charge in [0.1, 0.15) is 0 Å². The van der Waals surface area contributed by atoms with Crippen LogP contribution in [0.4, 0.5) is 0 Å². The van der Waals surface area contributed by atoms with E-state index in [-0.39, 0.29) is 0 Å². The van der Waals surface area contributed by atoms with Gasteiger partial charge in [-0.2, -0.15) is 0 Å². The minimum Gasteiger partial charge on any atom is -0.147 e. The fourth-order valence-electron chi connectivity index (χ4n) is 7.90. The predicted octanol–water partition coefficient (Wildman–Crippen LogP) is 8.78. The van der Waals surface area contributed by atoms with Crippen molar-refractivity contribution in [3.8, 4) is 0 Å². The van der Waals surface area contributed by atoms with E-state index < -0.39 is 0 Å². The summed E-state index contributed by atoms with van der Waals surface area (Å²) in [6.07, 6.45) is 27.4. The van der Waals surface area contributed by atoms with Crippen molar-refractivity contribution in [2.45, 2.75) is 139 Å². The normalized spacial score (nSPS) is 42.9. The second kappa shape index (κ2) is 9.01. The molecule has 27 heavy (non-hydrogen) atoms. The summed E-state index contributed by atoms with van der Waals surface area (Å²) in [5.74, 6) is 3.96. The monoisotopic (exact) mass is 390 g/mol. The highest BCUT2D eigenvalue weighted by Crippen LogP contribution is 2.63. The van der Waals surface area contributed by atoms with Gasteiger partial charge >= 0.3 is 0 Å². The smallest absolute Gasteiger partial charge is 0.0219 e. The fourth-order valence-corrected chi connectivity index (χ4v) is 10.5. The molecule has 0 N–H and O–H groups in total. The molecule has 0 radical (unpaired) electrons. The summed E-state index contributed by atoms with van der Waals surface area (Å²) >= 11 is 2.67. The topological polar surface area (TPSA) is 0 Å². The van der Waals surface area contributed by atoms with Gasteiger partial charge in [-0.15, -0.1) is 11.8 Å². The molecule has 0 aliphatic heterocycles. The van der Waals surface area contributed by atoms with Crippen LogP contribution in [0.3, 0.4) is 0 Å². The molecule has 4 rings (SSSR count). The maximum absolute atomic E-state index is 2.67. The molecule has 156 valence electrons. The fraction of sp³-hybridized carbons (Fsp3) is 1.00. The van der Waals surface area contributed by atoms with Crippen molar-refractivity contribution in [3.05, 3.63) is 0 Å². The molecule has 0 aromatic heterocycles. The Balaban J connectivity index is 1.67. The van der Waals surface area contributed by atoms with Gasteiger partial charge in [0, 0.05) is 9.49 Å². The molecule has 1 heteroatoms. The first-order valence-electron chi connectivity index (χ1n) is 12.9. The highest BCUT2D eigenvalue weighted by molar-refractivity contribution is 8.02. The molecule has 0 saturated heterocycles. The number of rotatable bonds is 4. The Bertz CT molecular complexity index is 419. The van der Waals surface area contributed by atoms with Crippen LogP contribution >= 0.6 is 11.8 Å². The minimum atomic E-state index is 0.627. The molecule has 4 unspecified atom stereocenters. The van der Waals surface area contributed by atoms with Crippen molar-refractivity contribution in [1.82, 2.24) is 0 Å². The van der Waals surface area contributed by atoms with Crippen molar-refractivity contribution in [2.24, 2.45) is 23.7 Å². The maximum atomic E-state index is 2.67. The zero-order valence-corrected chi connectivity index (χ0v) is 19.3. The SMILES string of the molecule is CC1CCCCC1(SC1(C2CCCCC2)CCCCC1C)C1CCCCC1. The molecule has 0 spiro atoms. The van der Waals surface area contributed by atoms with Gasteiger partial charge in [-0.3, -0.25) is 0 Å². The van der Waals surface area contributed by atoms with Gasteiger partial charge in [-0.05, 0) is 75.0 Å². The molecule has 4 aliphatic carbocycles. The van der Waals surface area contributed by atoms with E-state index in [9.17, 15) is 0 Å². The molecule has 0 heterocycles. The van der Waals surface area contributed by atoms with E-state index >= 15 is 0 Å². The van der Waals surface area contributed by atoms with Gasteiger partial charge < -0.3 is 0 Å². The Labute approximate surface area is 174 Å². The Morgan fingerprint density at radius 3 is 1.22 bits per heavy atom. The predicted molar refractivity (Wildman–Crippen MR) is 121 cm³/mol. The number of hydrogen-bond acceptors (Lipinski definition) is 1. The van der Waals surface area contributed by atoms with Crippen molar-refractivity contribution >= 4 is 11.8 Å². The molecule has 0 bridgehead atoms. The van der Waals surface area contributed by atoms with Gasteiger partial charge in [0.25, 0.3) is 0 Å². The highest BCUT2D eigenvalue weighted by Gasteiger charge is 2.54. The highest BCUT2D eigenvalue weighted by atomic mass is 32.2. The van der Waals surface area contributed by atoms with Crippen LogP contribution in [0.2, 0.25) is 0 Å². The summed E-state index contributed by atoms with van der Waals surface area (Å²) in [5, 5.41) is 0. The Morgan fingerprint density at radius 2 is 0.852 bits per heavy atom. The summed E-state index contributed by atoms with van der Waals surface area (Å²) in [6.45, 7) is 5.34. The average Bonchev–Trinajstić information content (AvgIpc) is 2.73. The summed E-state index contributed by atoms with van der Waals surface area (Å²) < 4.78 is 1.25. The van der Waals surface area contributed by atoms with Crippen molar-refractivity contribution in [3.63, 3.8) is 0 Å². The number of thioether (sulfide) groups is 1. The van der Waals surface area contributed by atoms with E-state index in [4.69, 9.17) is 0 Å². The van der Waals surface area contributed by atoms with Crippen molar-refractivity contribution in [1.29, 1.82) is 0 Å². The van der Waals surface area contributed by atoms with Crippen LogP contribution < -0.4 is 0 Å². The third-order valence-electron chi connectivity index (χ3n) is 9.55. The second-order valence-electron chi connectivity index (χ2n) is 11.0. The molecule has 0 aromatic carbocycles. The first kappa shape index (κ1) is 20.6. The summed E-state index contributed by atoms with van der Waals surface area (Å²) in [5.41, 5.74) is 0. The molecular weight excluding hydrogens is 344 g/mol. The maximum Gasteiger partial charge on any atom is 0.0219 e. The van der Waals surface area contributed by atoms with Crippen LogP contribution in [-0.2, 0) is 0 Å². The van der Waals surface area contributed by atoms with Crippen LogP contribution in [0.5, 0.6) is 0 Å². The lowest BCUT2D eigenvalue weighted by Crippen LogP contribution is -2.53. The van der Waals surface area contributed by atoms with Crippen molar-refractivity contribution in [2.75, 3.05) is 0 Å². The van der Waals surface area contributed by atoms with E-state index in [1.807, 2.05) is 0 Å².